The van der Waals surface area contributed by atoms with Crippen LogP contribution in [0.3, 0.4) is 0 Å². The van der Waals surface area contributed by atoms with E-state index in [0.717, 1.165) is 24.6 Å². The van der Waals surface area contributed by atoms with Gasteiger partial charge in [0.25, 0.3) is 5.91 Å². The molecule has 1 atom stereocenters. The minimum atomic E-state index is -0.978. The van der Waals surface area contributed by atoms with Gasteiger partial charge in [-0.3, -0.25) is 9.78 Å². The molecule has 1 saturated carbocycles. The number of hydrogen-bond donors (Lipinski definition) is 0. The molecule has 3 rings (SSSR count). The van der Waals surface area contributed by atoms with Crippen LogP contribution in [-0.2, 0) is 9.53 Å². The zero-order valence-electron chi connectivity index (χ0n) is 15.6. The number of fused-ring (bicyclic) bond motifs is 1. The van der Waals surface area contributed by atoms with Crippen molar-refractivity contribution in [1.29, 1.82) is 5.26 Å². The van der Waals surface area contributed by atoms with Crippen molar-refractivity contribution < 1.29 is 14.3 Å². The fraction of sp³-hybridized carbons (Fsp3) is 0.429. The van der Waals surface area contributed by atoms with Gasteiger partial charge in [-0.05, 0) is 31.9 Å². The minimum Gasteiger partial charge on any atom is -0.449 e. The Morgan fingerprint density at radius 1 is 1.22 bits per heavy atom. The number of para-hydroxylation sites is 1. The van der Waals surface area contributed by atoms with Crippen LogP contribution in [0.1, 0.15) is 49.4 Å². The molecule has 27 heavy (non-hydrogen) atoms. The Bertz CT molecular complexity index is 892. The molecule has 6 nitrogen and oxygen atoms in total. The van der Waals surface area contributed by atoms with Crippen molar-refractivity contribution >= 4 is 22.8 Å². The van der Waals surface area contributed by atoms with Gasteiger partial charge in [0, 0.05) is 18.6 Å². The molecule has 1 aliphatic carbocycles. The molecular formula is C21H23N3O3. The molecule has 0 radical (unpaired) electrons. The van der Waals surface area contributed by atoms with Crippen molar-refractivity contribution in [2.75, 3.05) is 7.05 Å². The van der Waals surface area contributed by atoms with Crippen LogP contribution < -0.4 is 0 Å². The van der Waals surface area contributed by atoms with Gasteiger partial charge in [-0.25, -0.2) is 4.79 Å². The van der Waals surface area contributed by atoms with Gasteiger partial charge >= 0.3 is 5.97 Å². The first-order chi connectivity index (χ1) is 13.0. The summed E-state index contributed by atoms with van der Waals surface area (Å²) in [6.45, 7) is 1.54. The summed E-state index contributed by atoms with van der Waals surface area (Å²) in [6, 6.07) is 11.2. The molecule has 6 heteroatoms. The summed E-state index contributed by atoms with van der Waals surface area (Å²) in [4.78, 5) is 31.2. The number of nitrogens with zero attached hydrogens (tertiary/aromatic N) is 3. The molecule has 1 heterocycles. The smallest absolute Gasteiger partial charge is 0.341 e. The maximum atomic E-state index is 12.8. The molecule has 1 aliphatic rings. The summed E-state index contributed by atoms with van der Waals surface area (Å²) >= 11 is 0. The third-order valence-corrected chi connectivity index (χ3v) is 5.35. The van der Waals surface area contributed by atoms with E-state index in [4.69, 9.17) is 4.74 Å². The first kappa shape index (κ1) is 18.8. The number of pyridine rings is 1. The quantitative estimate of drug-likeness (QED) is 0.775. The zero-order chi connectivity index (χ0) is 19.4. The number of benzene rings is 1. The zero-order valence-corrected chi connectivity index (χ0v) is 15.6. The van der Waals surface area contributed by atoms with Crippen molar-refractivity contribution in [3.63, 3.8) is 0 Å². The van der Waals surface area contributed by atoms with E-state index < -0.39 is 17.6 Å². The first-order valence-electron chi connectivity index (χ1n) is 9.22. The van der Waals surface area contributed by atoms with Crippen molar-refractivity contribution in [1.82, 2.24) is 9.88 Å². The Hall–Kier alpha value is -2.94. The molecular weight excluding hydrogens is 342 g/mol. The minimum absolute atomic E-state index is 0.322. The fourth-order valence-electron chi connectivity index (χ4n) is 3.69. The van der Waals surface area contributed by atoms with E-state index in [9.17, 15) is 14.9 Å². The van der Waals surface area contributed by atoms with Crippen molar-refractivity contribution in [3.8, 4) is 6.07 Å². The van der Waals surface area contributed by atoms with Gasteiger partial charge in [-0.15, -0.1) is 0 Å². The topological polar surface area (TPSA) is 83.3 Å². The van der Waals surface area contributed by atoms with Crippen molar-refractivity contribution in [2.45, 2.75) is 50.7 Å². The second-order valence-electron chi connectivity index (χ2n) is 7.03. The Morgan fingerprint density at radius 2 is 1.93 bits per heavy atom. The highest BCUT2D eigenvalue weighted by Gasteiger charge is 2.40. The van der Waals surface area contributed by atoms with Gasteiger partial charge in [0.15, 0.2) is 6.10 Å². The molecule has 1 fully saturated rings. The van der Waals surface area contributed by atoms with E-state index >= 15 is 0 Å². The third kappa shape index (κ3) is 3.63. The molecule has 140 valence electrons. The summed E-state index contributed by atoms with van der Waals surface area (Å²) in [5, 5.41) is 10.5. The summed E-state index contributed by atoms with van der Waals surface area (Å²) in [5.74, 6) is -0.955. The maximum Gasteiger partial charge on any atom is 0.341 e. The number of nitriles is 1. The Labute approximate surface area is 158 Å². The van der Waals surface area contributed by atoms with Crippen LogP contribution in [0.4, 0.5) is 0 Å². The normalized spacial score (nSPS) is 16.9. The number of esters is 1. The molecule has 0 spiro atoms. The highest BCUT2D eigenvalue weighted by atomic mass is 16.5. The van der Waals surface area contributed by atoms with Gasteiger partial charge < -0.3 is 9.64 Å². The van der Waals surface area contributed by atoms with E-state index in [2.05, 4.69) is 11.1 Å². The number of likely N-dealkylation sites (N-methyl/N-ethyl adjacent to an activating group) is 1. The third-order valence-electron chi connectivity index (χ3n) is 5.35. The van der Waals surface area contributed by atoms with Gasteiger partial charge in [0.1, 0.15) is 5.54 Å². The summed E-state index contributed by atoms with van der Waals surface area (Å²) in [5.41, 5.74) is 0.0543. The monoisotopic (exact) mass is 365 g/mol. The lowest BCUT2D eigenvalue weighted by Crippen LogP contribution is -2.53. The van der Waals surface area contributed by atoms with Gasteiger partial charge in [0.05, 0.1) is 17.1 Å². The predicted molar refractivity (Wildman–Crippen MR) is 101 cm³/mol. The van der Waals surface area contributed by atoms with Crippen LogP contribution >= 0.6 is 0 Å². The predicted octanol–water partition coefficient (Wildman–Crippen LogP) is 3.46. The van der Waals surface area contributed by atoms with Crippen molar-refractivity contribution in [2.24, 2.45) is 0 Å². The van der Waals surface area contributed by atoms with E-state index in [1.807, 2.05) is 12.1 Å². The number of amides is 1. The molecule has 0 saturated heterocycles. The van der Waals surface area contributed by atoms with Crippen LogP contribution in [-0.4, -0.2) is 40.5 Å². The first-order valence-corrected chi connectivity index (χ1v) is 9.22. The Morgan fingerprint density at radius 3 is 2.63 bits per heavy atom. The Kier molecular flexibility index (Phi) is 5.41. The molecule has 1 aromatic carbocycles. The molecule has 2 aromatic rings. The summed E-state index contributed by atoms with van der Waals surface area (Å²) in [7, 11) is 1.63. The molecule has 1 aromatic heterocycles. The van der Waals surface area contributed by atoms with Gasteiger partial charge in [-0.1, -0.05) is 37.5 Å². The van der Waals surface area contributed by atoms with Crippen LogP contribution in [0, 0.1) is 11.3 Å². The van der Waals surface area contributed by atoms with E-state index in [1.54, 1.807) is 38.4 Å². The second-order valence-corrected chi connectivity index (χ2v) is 7.03. The molecule has 0 unspecified atom stereocenters. The van der Waals surface area contributed by atoms with Crippen LogP contribution in [0.2, 0.25) is 0 Å². The summed E-state index contributed by atoms with van der Waals surface area (Å²) in [6.07, 6.45) is 4.85. The molecule has 1 amide bonds. The SMILES string of the molecule is C[C@H](OC(=O)c1cccc2cccnc12)C(=O)N(C)C1(C#N)CCCCC1. The van der Waals surface area contributed by atoms with Gasteiger partial charge in [-0.2, -0.15) is 5.26 Å². The highest BCUT2D eigenvalue weighted by molar-refractivity contribution is 6.03. The second kappa shape index (κ2) is 7.75. The van der Waals surface area contributed by atoms with Crippen LogP contribution in [0.25, 0.3) is 10.9 Å². The van der Waals surface area contributed by atoms with E-state index in [-0.39, 0.29) is 5.91 Å². The average molecular weight is 365 g/mol. The van der Waals surface area contributed by atoms with Crippen LogP contribution in [0.5, 0.6) is 0 Å². The number of carbonyl (C=O) groups is 2. The Balaban J connectivity index is 1.76. The number of carbonyl (C=O) groups excluding carboxylic acids is 2. The molecule has 0 aliphatic heterocycles. The van der Waals surface area contributed by atoms with Crippen molar-refractivity contribution in [3.05, 3.63) is 42.1 Å². The summed E-state index contributed by atoms with van der Waals surface area (Å²) < 4.78 is 5.43. The van der Waals surface area contributed by atoms with Gasteiger partial charge in [0.2, 0.25) is 0 Å². The lowest BCUT2D eigenvalue weighted by molar-refractivity contribution is -0.143. The lowest BCUT2D eigenvalue weighted by atomic mass is 9.81. The number of hydrogen-bond acceptors (Lipinski definition) is 5. The highest BCUT2D eigenvalue weighted by Crippen LogP contribution is 2.33. The average Bonchev–Trinajstić information content (AvgIpc) is 2.72. The van der Waals surface area contributed by atoms with Crippen LogP contribution in [0.15, 0.2) is 36.5 Å². The lowest BCUT2D eigenvalue weighted by Gasteiger charge is -2.39. The number of ether oxygens (including phenoxy) is 1. The van der Waals surface area contributed by atoms with E-state index in [0.29, 0.717) is 23.9 Å². The standard InChI is InChI=1S/C21H23N3O3/c1-15(19(25)24(2)21(14-22)11-4-3-5-12-21)27-20(26)17-10-6-8-16-9-7-13-23-18(16)17/h6-10,13,15H,3-5,11-12H2,1-2H3/t15-/m0/s1. The fourth-order valence-corrected chi connectivity index (χ4v) is 3.69. The largest absolute Gasteiger partial charge is 0.449 e. The molecule has 0 N–H and O–H groups in total. The number of rotatable bonds is 4. The van der Waals surface area contributed by atoms with E-state index in [1.165, 1.54) is 4.90 Å². The maximum absolute atomic E-state index is 12.8. The molecule has 0 bridgehead atoms. The number of aromatic nitrogens is 1.